The van der Waals surface area contributed by atoms with Crippen molar-refractivity contribution < 1.29 is 0 Å². The number of nitrogens with two attached hydrogens (primary N) is 1. The Morgan fingerprint density at radius 1 is 0.971 bits per heavy atom. The van der Waals surface area contributed by atoms with Gasteiger partial charge >= 0.3 is 0 Å². The van der Waals surface area contributed by atoms with Crippen molar-refractivity contribution in [1.82, 2.24) is 9.97 Å². The number of hydrogen-bond donors (Lipinski definition) is 2. The second-order valence-electron chi connectivity index (χ2n) is 8.65. The monoisotopic (exact) mass is 452 g/mol. The zero-order valence-electron chi connectivity index (χ0n) is 19.5. The van der Waals surface area contributed by atoms with Gasteiger partial charge in [-0.25, -0.2) is 4.98 Å². The number of pyridine rings is 1. The molecule has 5 rings (SSSR count). The third-order valence-electron chi connectivity index (χ3n) is 6.40. The number of aryl methyl sites for hydroxylation is 1. The Bertz CT molecular complexity index is 1380. The highest BCUT2D eigenvalue weighted by atomic mass is 16.1. The van der Waals surface area contributed by atoms with E-state index in [-0.39, 0.29) is 5.56 Å². The van der Waals surface area contributed by atoms with E-state index in [1.54, 1.807) is 6.20 Å². The average Bonchev–Trinajstić information content (AvgIpc) is 2.98. The lowest BCUT2D eigenvalue weighted by atomic mass is 10.1. The summed E-state index contributed by atoms with van der Waals surface area (Å²) in [5.74, 6) is 0.543. The molecule has 3 heterocycles. The lowest BCUT2D eigenvalue weighted by Crippen LogP contribution is -2.46. The minimum atomic E-state index is -0.107. The fourth-order valence-electron chi connectivity index (χ4n) is 4.55. The van der Waals surface area contributed by atoms with Gasteiger partial charge in [0.1, 0.15) is 5.82 Å². The number of anilines is 3. The van der Waals surface area contributed by atoms with E-state index in [9.17, 15) is 4.79 Å². The summed E-state index contributed by atoms with van der Waals surface area (Å²) >= 11 is 0. The summed E-state index contributed by atoms with van der Waals surface area (Å²) in [6, 6.07) is 20.0. The number of nitrogen functional groups attached to an aromatic ring is 1. The van der Waals surface area contributed by atoms with Crippen molar-refractivity contribution in [2.24, 2.45) is 4.99 Å². The maximum absolute atomic E-state index is 12.7. The molecule has 0 radical (unpaired) electrons. The molecule has 1 fully saturated rings. The molecular formula is C27H28N6O. The second-order valence-corrected chi connectivity index (χ2v) is 8.65. The van der Waals surface area contributed by atoms with Gasteiger partial charge in [-0.3, -0.25) is 9.79 Å². The summed E-state index contributed by atoms with van der Waals surface area (Å²) in [6.07, 6.45) is 1.75. The number of rotatable bonds is 4. The predicted molar refractivity (Wildman–Crippen MR) is 140 cm³/mol. The van der Waals surface area contributed by atoms with Crippen molar-refractivity contribution >= 4 is 28.6 Å². The Kier molecular flexibility index (Phi) is 5.76. The van der Waals surface area contributed by atoms with E-state index in [0.29, 0.717) is 17.1 Å². The topological polar surface area (TPSA) is 90.6 Å². The highest BCUT2D eigenvalue weighted by Gasteiger charge is 2.19. The summed E-state index contributed by atoms with van der Waals surface area (Å²) < 4.78 is 0. The molecule has 2 aromatic rings. The smallest absolute Gasteiger partial charge is 0.258 e. The van der Waals surface area contributed by atoms with E-state index in [1.165, 1.54) is 0 Å². The van der Waals surface area contributed by atoms with Gasteiger partial charge in [0.25, 0.3) is 5.56 Å². The molecule has 0 amide bonds. The van der Waals surface area contributed by atoms with Crippen LogP contribution in [0.5, 0.6) is 0 Å². The standard InChI is InChI=1S/C27H28N6O/c1-18-8-9-20(32-12-14-33(15-13-32)21-10-11-29-25(28)17-21)16-24(18)30-19(2)26-22-6-4-3-5-7-23(22)31-27(26)34/h3-11,16-17H,12-15H2,1-2H3,(H2,28,29)(H,31,34). The number of aromatic nitrogens is 2. The minimum absolute atomic E-state index is 0.107. The quantitative estimate of drug-likeness (QED) is 0.452. The molecule has 0 unspecified atom stereocenters. The van der Waals surface area contributed by atoms with E-state index in [4.69, 9.17) is 10.7 Å². The van der Waals surface area contributed by atoms with E-state index in [1.807, 2.05) is 49.4 Å². The molecule has 0 atom stereocenters. The van der Waals surface area contributed by atoms with Gasteiger partial charge in [-0.15, -0.1) is 0 Å². The van der Waals surface area contributed by atoms with Crippen molar-refractivity contribution in [3.8, 4) is 11.3 Å². The number of hydrogen-bond acceptors (Lipinski definition) is 6. The molecule has 0 spiro atoms. The number of nitrogens with one attached hydrogen (secondary N) is 1. The van der Waals surface area contributed by atoms with Crippen molar-refractivity contribution in [3.05, 3.63) is 88.3 Å². The van der Waals surface area contributed by atoms with Crippen LogP contribution < -0.4 is 21.1 Å². The molecule has 1 aliphatic carbocycles. The normalized spacial score (nSPS) is 14.6. The Morgan fingerprint density at radius 2 is 1.68 bits per heavy atom. The van der Waals surface area contributed by atoms with Crippen LogP contribution in [0.2, 0.25) is 0 Å². The van der Waals surface area contributed by atoms with Crippen LogP contribution in [0.3, 0.4) is 0 Å². The average molecular weight is 453 g/mol. The van der Waals surface area contributed by atoms with Crippen LogP contribution in [-0.4, -0.2) is 41.9 Å². The molecule has 2 aliphatic heterocycles. The summed E-state index contributed by atoms with van der Waals surface area (Å²) in [5.41, 5.74) is 13.0. The molecule has 1 aromatic heterocycles. The fraction of sp³-hybridized carbons (Fsp3) is 0.222. The molecule has 1 aromatic carbocycles. The van der Waals surface area contributed by atoms with Crippen LogP contribution in [0.1, 0.15) is 18.1 Å². The van der Waals surface area contributed by atoms with Crippen molar-refractivity contribution in [2.75, 3.05) is 41.7 Å². The molecule has 7 heteroatoms. The summed E-state index contributed by atoms with van der Waals surface area (Å²) in [6.45, 7) is 7.56. The van der Waals surface area contributed by atoms with Crippen molar-refractivity contribution in [1.29, 1.82) is 0 Å². The van der Waals surface area contributed by atoms with Crippen LogP contribution in [-0.2, 0) is 0 Å². The van der Waals surface area contributed by atoms with E-state index < -0.39 is 0 Å². The maximum atomic E-state index is 12.7. The molecule has 3 N–H and O–H groups in total. The molecule has 0 saturated carbocycles. The fourth-order valence-corrected chi connectivity index (χ4v) is 4.55. The van der Waals surface area contributed by atoms with Gasteiger partial charge in [-0.05, 0) is 43.7 Å². The highest BCUT2D eigenvalue weighted by Crippen LogP contribution is 2.29. The van der Waals surface area contributed by atoms with Crippen LogP contribution >= 0.6 is 0 Å². The molecule has 172 valence electrons. The van der Waals surface area contributed by atoms with Crippen LogP contribution in [0, 0.1) is 6.92 Å². The van der Waals surface area contributed by atoms with Crippen molar-refractivity contribution in [2.45, 2.75) is 13.8 Å². The number of benzene rings is 1. The maximum Gasteiger partial charge on any atom is 0.258 e. The van der Waals surface area contributed by atoms with E-state index in [0.717, 1.165) is 60.1 Å². The largest absolute Gasteiger partial charge is 0.384 e. The molecule has 3 aliphatic rings. The molecule has 0 bridgehead atoms. The molecule has 7 nitrogen and oxygen atoms in total. The predicted octanol–water partition coefficient (Wildman–Crippen LogP) is 4.23. The van der Waals surface area contributed by atoms with E-state index in [2.05, 4.69) is 44.9 Å². The first-order valence-corrected chi connectivity index (χ1v) is 11.5. The number of H-pyrrole nitrogens is 1. The Hall–Kier alpha value is -4.13. The first-order valence-electron chi connectivity index (χ1n) is 11.5. The number of aliphatic imine (C=N–C) groups is 1. The number of nitrogens with zero attached hydrogens (tertiary/aromatic N) is 4. The number of fused-ring (bicyclic) bond motifs is 1. The van der Waals surface area contributed by atoms with Gasteiger partial charge in [0.05, 0.1) is 17.0 Å². The Balaban J connectivity index is 1.39. The van der Waals surface area contributed by atoms with Gasteiger partial charge in [-0.2, -0.15) is 0 Å². The summed E-state index contributed by atoms with van der Waals surface area (Å²) in [7, 11) is 0. The van der Waals surface area contributed by atoms with Crippen molar-refractivity contribution in [3.63, 3.8) is 0 Å². The first-order chi connectivity index (χ1) is 16.5. The first kappa shape index (κ1) is 21.7. The summed E-state index contributed by atoms with van der Waals surface area (Å²) in [4.78, 5) is 29.3. The van der Waals surface area contributed by atoms with Crippen LogP contribution in [0.25, 0.3) is 11.3 Å². The zero-order valence-corrected chi connectivity index (χ0v) is 19.5. The SMILES string of the molecule is CC(=Nc1cc(N2CCN(c3ccnc(N)c3)CC2)ccc1C)c1c2cccccc-2[nH]c1=O. The van der Waals surface area contributed by atoms with E-state index >= 15 is 0 Å². The van der Waals surface area contributed by atoms with Gasteiger partial charge in [0.2, 0.25) is 0 Å². The highest BCUT2D eigenvalue weighted by molar-refractivity contribution is 6.05. The van der Waals surface area contributed by atoms with Gasteiger partial charge < -0.3 is 20.5 Å². The number of aromatic amines is 1. The zero-order chi connectivity index (χ0) is 23.7. The minimum Gasteiger partial charge on any atom is -0.384 e. The number of piperazine rings is 1. The Labute approximate surface area is 198 Å². The van der Waals surface area contributed by atoms with Gasteiger partial charge in [0, 0.05) is 61.1 Å². The van der Waals surface area contributed by atoms with Gasteiger partial charge in [-0.1, -0.05) is 30.3 Å². The molecular weight excluding hydrogens is 424 g/mol. The third kappa shape index (κ3) is 4.24. The molecule has 1 saturated heterocycles. The molecule has 34 heavy (non-hydrogen) atoms. The third-order valence-corrected chi connectivity index (χ3v) is 6.40. The lowest BCUT2D eigenvalue weighted by molar-refractivity contribution is 0.653. The summed E-state index contributed by atoms with van der Waals surface area (Å²) in [5, 5.41) is 0. The van der Waals surface area contributed by atoms with Gasteiger partial charge in [0.15, 0.2) is 0 Å². The van der Waals surface area contributed by atoms with Crippen LogP contribution in [0.15, 0.2) is 76.6 Å². The Morgan fingerprint density at radius 3 is 2.41 bits per heavy atom. The second kappa shape index (κ2) is 9.02. The lowest BCUT2D eigenvalue weighted by Gasteiger charge is -2.37. The van der Waals surface area contributed by atoms with Crippen LogP contribution in [0.4, 0.5) is 22.9 Å².